The Hall–Kier alpha value is -1.73. The molecule has 1 aliphatic heterocycles. The van der Waals surface area contributed by atoms with Crippen molar-refractivity contribution >= 4 is 0 Å². The van der Waals surface area contributed by atoms with Gasteiger partial charge in [0, 0.05) is 25.6 Å². The molecule has 3 heterocycles. The van der Waals surface area contributed by atoms with Crippen LogP contribution in [0.5, 0.6) is 0 Å². The second kappa shape index (κ2) is 6.36. The minimum Gasteiger partial charge on any atom is -0.367 e. The molecule has 0 aliphatic carbocycles. The first-order valence-corrected chi connectivity index (χ1v) is 7.42. The first kappa shape index (κ1) is 14.2. The molecule has 1 atom stereocenters. The van der Waals surface area contributed by atoms with Gasteiger partial charge in [-0.05, 0) is 13.3 Å². The van der Waals surface area contributed by atoms with E-state index >= 15 is 0 Å². The van der Waals surface area contributed by atoms with E-state index in [1.54, 1.807) is 0 Å². The molecule has 0 unspecified atom stereocenters. The van der Waals surface area contributed by atoms with Crippen molar-refractivity contribution in [1.82, 2.24) is 25.2 Å². The summed E-state index contributed by atoms with van der Waals surface area (Å²) in [6.45, 7) is 7.12. The monoisotopic (exact) mass is 291 g/mol. The van der Waals surface area contributed by atoms with Gasteiger partial charge in [-0.1, -0.05) is 12.1 Å². The molecule has 2 aromatic heterocycles. The Bertz CT molecular complexity index is 579. The average Bonchev–Trinajstić information content (AvgIpc) is 3.09. The lowest BCUT2D eigenvalue weighted by Crippen LogP contribution is -2.38. The topological polar surface area (TPSA) is 80.1 Å². The SMILES string of the molecule is CCCc1nc([C@H]2CN(Cc3cc(C)no3)CCO2)n[nH]1. The molecule has 0 amide bonds. The molecule has 2 aromatic rings. The Labute approximate surface area is 123 Å². The van der Waals surface area contributed by atoms with Crippen molar-refractivity contribution in [3.8, 4) is 0 Å². The van der Waals surface area contributed by atoms with Gasteiger partial charge in [0.05, 0.1) is 18.8 Å². The molecule has 0 radical (unpaired) electrons. The number of rotatable bonds is 5. The number of hydrogen-bond donors (Lipinski definition) is 1. The van der Waals surface area contributed by atoms with Gasteiger partial charge >= 0.3 is 0 Å². The third-order valence-corrected chi connectivity index (χ3v) is 3.53. The van der Waals surface area contributed by atoms with E-state index in [-0.39, 0.29) is 6.10 Å². The maximum absolute atomic E-state index is 5.80. The van der Waals surface area contributed by atoms with Crippen molar-refractivity contribution in [3.63, 3.8) is 0 Å². The maximum Gasteiger partial charge on any atom is 0.180 e. The van der Waals surface area contributed by atoms with Crippen LogP contribution in [-0.2, 0) is 17.7 Å². The fourth-order valence-corrected chi connectivity index (χ4v) is 2.52. The molecule has 0 aromatic carbocycles. The van der Waals surface area contributed by atoms with Crippen LogP contribution in [-0.4, -0.2) is 44.9 Å². The van der Waals surface area contributed by atoms with Crippen molar-refractivity contribution in [2.24, 2.45) is 0 Å². The molecule has 1 N–H and O–H groups in total. The highest BCUT2D eigenvalue weighted by atomic mass is 16.5. The number of nitrogens with one attached hydrogen (secondary N) is 1. The maximum atomic E-state index is 5.80. The summed E-state index contributed by atoms with van der Waals surface area (Å²) in [5, 5.41) is 11.2. The van der Waals surface area contributed by atoms with E-state index in [1.807, 2.05) is 13.0 Å². The van der Waals surface area contributed by atoms with E-state index in [9.17, 15) is 0 Å². The van der Waals surface area contributed by atoms with Gasteiger partial charge in [-0.25, -0.2) is 4.98 Å². The smallest absolute Gasteiger partial charge is 0.180 e. The van der Waals surface area contributed by atoms with Gasteiger partial charge < -0.3 is 9.26 Å². The fraction of sp³-hybridized carbons (Fsp3) is 0.643. The first-order chi connectivity index (χ1) is 10.2. The summed E-state index contributed by atoms with van der Waals surface area (Å²) in [4.78, 5) is 6.80. The van der Waals surface area contributed by atoms with Crippen LogP contribution in [0.3, 0.4) is 0 Å². The lowest BCUT2D eigenvalue weighted by atomic mass is 10.2. The second-order valence-electron chi connectivity index (χ2n) is 5.42. The molecule has 3 rings (SSSR count). The Kier molecular flexibility index (Phi) is 4.31. The summed E-state index contributed by atoms with van der Waals surface area (Å²) in [6.07, 6.45) is 1.89. The molecular formula is C14H21N5O2. The van der Waals surface area contributed by atoms with Crippen LogP contribution in [0.1, 0.15) is 42.6 Å². The minimum absolute atomic E-state index is 0.0791. The minimum atomic E-state index is -0.0791. The molecule has 0 saturated carbocycles. The van der Waals surface area contributed by atoms with E-state index in [4.69, 9.17) is 9.26 Å². The van der Waals surface area contributed by atoms with E-state index in [0.29, 0.717) is 6.61 Å². The van der Waals surface area contributed by atoms with Gasteiger partial charge in [0.2, 0.25) is 0 Å². The zero-order valence-electron chi connectivity index (χ0n) is 12.5. The largest absolute Gasteiger partial charge is 0.367 e. The third-order valence-electron chi connectivity index (χ3n) is 3.53. The van der Waals surface area contributed by atoms with Crippen LogP contribution in [0.15, 0.2) is 10.6 Å². The summed E-state index contributed by atoms with van der Waals surface area (Å²) in [7, 11) is 0. The fourth-order valence-electron chi connectivity index (χ4n) is 2.52. The van der Waals surface area contributed by atoms with Crippen LogP contribution in [0, 0.1) is 6.92 Å². The summed E-state index contributed by atoms with van der Waals surface area (Å²) >= 11 is 0. The summed E-state index contributed by atoms with van der Waals surface area (Å²) in [6, 6.07) is 1.97. The zero-order valence-corrected chi connectivity index (χ0v) is 12.5. The van der Waals surface area contributed by atoms with Gasteiger partial charge in [0.25, 0.3) is 0 Å². The van der Waals surface area contributed by atoms with Gasteiger partial charge in [-0.3, -0.25) is 10.00 Å². The number of morpholine rings is 1. The van der Waals surface area contributed by atoms with Gasteiger partial charge in [-0.15, -0.1) is 0 Å². The number of aromatic amines is 1. The Morgan fingerprint density at radius 3 is 3.14 bits per heavy atom. The predicted octanol–water partition coefficient (Wildman–Crippen LogP) is 1.63. The number of ether oxygens (including phenoxy) is 1. The molecule has 0 spiro atoms. The molecular weight excluding hydrogens is 270 g/mol. The second-order valence-corrected chi connectivity index (χ2v) is 5.42. The number of H-pyrrole nitrogens is 1. The van der Waals surface area contributed by atoms with Crippen LogP contribution >= 0.6 is 0 Å². The van der Waals surface area contributed by atoms with Crippen LogP contribution in [0.2, 0.25) is 0 Å². The lowest BCUT2D eigenvalue weighted by Gasteiger charge is -2.30. The van der Waals surface area contributed by atoms with Crippen LogP contribution < -0.4 is 0 Å². The van der Waals surface area contributed by atoms with Crippen LogP contribution in [0.4, 0.5) is 0 Å². The normalized spacial score (nSPS) is 20.0. The zero-order chi connectivity index (χ0) is 14.7. The molecule has 7 heteroatoms. The Morgan fingerprint density at radius 2 is 2.38 bits per heavy atom. The van der Waals surface area contributed by atoms with Gasteiger partial charge in [0.15, 0.2) is 11.6 Å². The Morgan fingerprint density at radius 1 is 1.48 bits per heavy atom. The molecule has 21 heavy (non-hydrogen) atoms. The van der Waals surface area contributed by atoms with Crippen LogP contribution in [0.25, 0.3) is 0 Å². The van der Waals surface area contributed by atoms with Gasteiger partial charge in [0.1, 0.15) is 11.9 Å². The standard InChI is InChI=1S/C14H21N5O2/c1-3-4-13-15-14(17-16-13)12-9-19(5-6-20-12)8-11-7-10(2)18-21-11/h7,12H,3-6,8-9H2,1-2H3,(H,15,16,17)/t12-/m1/s1. The molecule has 1 fully saturated rings. The highest BCUT2D eigenvalue weighted by molar-refractivity contribution is 5.03. The van der Waals surface area contributed by atoms with Crippen molar-refractivity contribution in [2.45, 2.75) is 39.3 Å². The van der Waals surface area contributed by atoms with E-state index in [2.05, 4.69) is 32.2 Å². The summed E-state index contributed by atoms with van der Waals surface area (Å²) < 4.78 is 11.1. The number of aromatic nitrogens is 4. The molecule has 1 saturated heterocycles. The molecule has 1 aliphatic rings. The number of nitrogens with zero attached hydrogens (tertiary/aromatic N) is 4. The quantitative estimate of drug-likeness (QED) is 0.902. The van der Waals surface area contributed by atoms with Crippen molar-refractivity contribution in [3.05, 3.63) is 29.2 Å². The highest BCUT2D eigenvalue weighted by Gasteiger charge is 2.26. The summed E-state index contributed by atoms with van der Waals surface area (Å²) in [5.74, 6) is 2.56. The van der Waals surface area contributed by atoms with Gasteiger partial charge in [-0.2, -0.15) is 5.10 Å². The molecule has 0 bridgehead atoms. The predicted molar refractivity (Wildman–Crippen MR) is 75.6 cm³/mol. The Balaban J connectivity index is 1.61. The summed E-state index contributed by atoms with van der Waals surface area (Å²) in [5.41, 5.74) is 0.910. The average molecular weight is 291 g/mol. The molecule has 7 nitrogen and oxygen atoms in total. The molecule has 114 valence electrons. The van der Waals surface area contributed by atoms with E-state index < -0.39 is 0 Å². The van der Waals surface area contributed by atoms with Crippen molar-refractivity contribution in [2.75, 3.05) is 19.7 Å². The third kappa shape index (κ3) is 3.48. The number of hydrogen-bond acceptors (Lipinski definition) is 6. The lowest BCUT2D eigenvalue weighted by molar-refractivity contribution is -0.0391. The van der Waals surface area contributed by atoms with Crippen molar-refractivity contribution in [1.29, 1.82) is 0 Å². The number of aryl methyl sites for hydroxylation is 2. The van der Waals surface area contributed by atoms with E-state index in [1.165, 1.54) is 0 Å². The van der Waals surface area contributed by atoms with E-state index in [0.717, 1.165) is 55.6 Å². The highest BCUT2D eigenvalue weighted by Crippen LogP contribution is 2.21. The van der Waals surface area contributed by atoms with Crippen molar-refractivity contribution < 1.29 is 9.26 Å². The first-order valence-electron chi connectivity index (χ1n) is 7.42.